The Bertz CT molecular complexity index is 663. The molecule has 1 aromatic carbocycles. The summed E-state index contributed by atoms with van der Waals surface area (Å²) in [4.78, 5) is 11.5. The minimum Gasteiger partial charge on any atom is -0.482 e. The van der Waals surface area contributed by atoms with E-state index in [-0.39, 0.29) is 17.4 Å². The molecule has 2 aliphatic rings. The van der Waals surface area contributed by atoms with Crippen molar-refractivity contribution in [2.75, 3.05) is 25.0 Å². The van der Waals surface area contributed by atoms with Crippen LogP contribution in [0.3, 0.4) is 0 Å². The van der Waals surface area contributed by atoms with Crippen molar-refractivity contribution in [1.82, 2.24) is 4.31 Å². The van der Waals surface area contributed by atoms with Gasteiger partial charge in [-0.3, -0.25) is 4.79 Å². The molecule has 1 saturated heterocycles. The molecule has 0 bridgehead atoms. The van der Waals surface area contributed by atoms with E-state index in [1.807, 2.05) is 0 Å². The van der Waals surface area contributed by atoms with Crippen molar-refractivity contribution in [3.63, 3.8) is 0 Å². The van der Waals surface area contributed by atoms with E-state index in [1.165, 1.54) is 10.4 Å². The van der Waals surface area contributed by atoms with Crippen LogP contribution >= 0.6 is 0 Å². The Morgan fingerprint density at radius 3 is 2.65 bits per heavy atom. The molecule has 1 N–H and O–H groups in total. The summed E-state index contributed by atoms with van der Waals surface area (Å²) in [5, 5.41) is 2.68. The predicted octanol–water partition coefficient (Wildman–Crippen LogP) is 1.11. The maximum atomic E-state index is 12.6. The highest BCUT2D eigenvalue weighted by atomic mass is 32.2. The molecule has 0 aromatic heterocycles. The van der Waals surface area contributed by atoms with Crippen LogP contribution in [0.5, 0.6) is 5.75 Å². The zero-order valence-electron chi connectivity index (χ0n) is 11.2. The average molecular weight is 296 g/mol. The summed E-state index contributed by atoms with van der Waals surface area (Å²) in [6.45, 7) is 2.77. The van der Waals surface area contributed by atoms with Gasteiger partial charge in [0.25, 0.3) is 5.91 Å². The summed E-state index contributed by atoms with van der Waals surface area (Å²) in [6.07, 6.45) is 1.80. The third-order valence-corrected chi connectivity index (χ3v) is 5.63. The van der Waals surface area contributed by atoms with Crippen LogP contribution in [0.1, 0.15) is 18.4 Å². The van der Waals surface area contributed by atoms with E-state index in [9.17, 15) is 13.2 Å². The Kier molecular flexibility index (Phi) is 3.18. The van der Waals surface area contributed by atoms with Gasteiger partial charge in [0.2, 0.25) is 10.0 Å². The van der Waals surface area contributed by atoms with Crippen LogP contribution in [0.4, 0.5) is 5.69 Å². The number of carbonyl (C=O) groups is 1. The second-order valence-corrected chi connectivity index (χ2v) is 6.97. The van der Waals surface area contributed by atoms with Gasteiger partial charge in [-0.05, 0) is 31.4 Å². The number of rotatable bonds is 2. The van der Waals surface area contributed by atoms with Gasteiger partial charge in [-0.1, -0.05) is 0 Å². The molecular weight excluding hydrogens is 280 g/mol. The summed E-state index contributed by atoms with van der Waals surface area (Å²) in [5.41, 5.74) is 1.14. The molecule has 0 radical (unpaired) electrons. The molecule has 7 heteroatoms. The number of ether oxygens (including phenoxy) is 1. The lowest BCUT2D eigenvalue weighted by Gasteiger charge is -2.22. The number of hydrogen-bond acceptors (Lipinski definition) is 4. The first kappa shape index (κ1) is 13.4. The van der Waals surface area contributed by atoms with Crippen molar-refractivity contribution in [2.45, 2.75) is 24.7 Å². The Hall–Kier alpha value is -1.60. The third kappa shape index (κ3) is 2.16. The highest BCUT2D eigenvalue weighted by molar-refractivity contribution is 7.89. The van der Waals surface area contributed by atoms with Crippen LogP contribution in [0.25, 0.3) is 0 Å². The lowest BCUT2D eigenvalue weighted by atomic mass is 10.2. The molecule has 2 heterocycles. The number of aryl methyl sites for hydroxylation is 1. The van der Waals surface area contributed by atoms with Crippen LogP contribution in [0.15, 0.2) is 17.0 Å². The fraction of sp³-hybridized carbons (Fsp3) is 0.462. The van der Waals surface area contributed by atoms with E-state index in [4.69, 9.17) is 4.74 Å². The van der Waals surface area contributed by atoms with Gasteiger partial charge in [0.05, 0.1) is 10.6 Å². The molecular formula is C13H16N2O4S. The molecule has 6 nitrogen and oxygen atoms in total. The van der Waals surface area contributed by atoms with Crippen molar-refractivity contribution in [2.24, 2.45) is 0 Å². The van der Waals surface area contributed by atoms with E-state index in [2.05, 4.69) is 5.32 Å². The fourth-order valence-corrected chi connectivity index (χ4v) is 4.30. The van der Waals surface area contributed by atoms with Gasteiger partial charge in [-0.2, -0.15) is 4.31 Å². The second kappa shape index (κ2) is 4.75. The topological polar surface area (TPSA) is 75.7 Å². The van der Waals surface area contributed by atoms with E-state index in [0.29, 0.717) is 30.1 Å². The molecule has 108 valence electrons. The summed E-state index contributed by atoms with van der Waals surface area (Å²) in [5.74, 6) is 0.181. The van der Waals surface area contributed by atoms with Gasteiger partial charge in [-0.25, -0.2) is 8.42 Å². The second-order valence-electron chi connectivity index (χ2n) is 5.06. The molecule has 2 aliphatic heterocycles. The number of nitrogens with zero attached hydrogens (tertiary/aromatic N) is 1. The van der Waals surface area contributed by atoms with Crippen LogP contribution in [0.2, 0.25) is 0 Å². The summed E-state index contributed by atoms with van der Waals surface area (Å²) >= 11 is 0. The molecule has 0 spiro atoms. The summed E-state index contributed by atoms with van der Waals surface area (Å²) in [7, 11) is -3.48. The zero-order valence-corrected chi connectivity index (χ0v) is 12.0. The van der Waals surface area contributed by atoms with E-state index in [0.717, 1.165) is 12.8 Å². The van der Waals surface area contributed by atoms with Crippen molar-refractivity contribution in [3.8, 4) is 5.75 Å². The molecule has 0 unspecified atom stereocenters. The summed E-state index contributed by atoms with van der Waals surface area (Å²) in [6, 6.07) is 3.16. The number of sulfonamides is 1. The first-order valence-corrected chi connectivity index (χ1v) is 8.00. The van der Waals surface area contributed by atoms with Gasteiger partial charge >= 0.3 is 0 Å². The van der Waals surface area contributed by atoms with Crippen LogP contribution in [0, 0.1) is 6.92 Å². The monoisotopic (exact) mass is 296 g/mol. The van der Waals surface area contributed by atoms with E-state index < -0.39 is 10.0 Å². The van der Waals surface area contributed by atoms with Gasteiger partial charge in [0, 0.05) is 19.2 Å². The highest BCUT2D eigenvalue weighted by Gasteiger charge is 2.30. The minimum atomic E-state index is -3.48. The molecule has 0 aliphatic carbocycles. The molecule has 20 heavy (non-hydrogen) atoms. The molecule has 0 atom stereocenters. The Morgan fingerprint density at radius 2 is 1.95 bits per heavy atom. The van der Waals surface area contributed by atoms with Gasteiger partial charge < -0.3 is 10.1 Å². The van der Waals surface area contributed by atoms with Gasteiger partial charge in [0.15, 0.2) is 6.61 Å². The average Bonchev–Trinajstić information content (AvgIpc) is 2.92. The fourth-order valence-electron chi connectivity index (χ4n) is 2.56. The Balaban J connectivity index is 2.04. The zero-order chi connectivity index (χ0) is 14.3. The Labute approximate surface area is 117 Å². The largest absolute Gasteiger partial charge is 0.482 e. The quantitative estimate of drug-likeness (QED) is 0.887. The standard InChI is InChI=1S/C13H16N2O4S/c1-9-6-10-11(19-8-13(16)14-10)7-12(9)20(17,18)15-4-2-3-5-15/h6-7H,2-5,8H2,1H3,(H,14,16). The Morgan fingerprint density at radius 1 is 1.25 bits per heavy atom. The lowest BCUT2D eigenvalue weighted by molar-refractivity contribution is -0.118. The smallest absolute Gasteiger partial charge is 0.262 e. The van der Waals surface area contributed by atoms with Crippen LogP contribution in [-0.2, 0) is 14.8 Å². The first-order valence-electron chi connectivity index (χ1n) is 6.56. The molecule has 1 aromatic rings. The van der Waals surface area contributed by atoms with Crippen molar-refractivity contribution in [1.29, 1.82) is 0 Å². The number of nitrogens with one attached hydrogen (secondary N) is 1. The predicted molar refractivity (Wildman–Crippen MR) is 73.3 cm³/mol. The van der Waals surface area contributed by atoms with Crippen molar-refractivity contribution < 1.29 is 17.9 Å². The first-order chi connectivity index (χ1) is 9.48. The normalized spacial score (nSPS) is 19.4. The number of anilines is 1. The lowest BCUT2D eigenvalue weighted by Crippen LogP contribution is -2.29. The van der Waals surface area contributed by atoms with Gasteiger partial charge in [-0.15, -0.1) is 0 Å². The van der Waals surface area contributed by atoms with Gasteiger partial charge in [0.1, 0.15) is 5.75 Å². The number of hydrogen-bond donors (Lipinski definition) is 1. The number of benzene rings is 1. The van der Waals surface area contributed by atoms with Crippen LogP contribution < -0.4 is 10.1 Å². The summed E-state index contributed by atoms with van der Waals surface area (Å²) < 4.78 is 32.0. The number of amides is 1. The molecule has 1 fully saturated rings. The van der Waals surface area contributed by atoms with Crippen molar-refractivity contribution in [3.05, 3.63) is 17.7 Å². The molecule has 3 rings (SSSR count). The van der Waals surface area contributed by atoms with E-state index in [1.54, 1.807) is 13.0 Å². The highest BCUT2D eigenvalue weighted by Crippen LogP contribution is 2.34. The number of carbonyl (C=O) groups excluding carboxylic acids is 1. The SMILES string of the molecule is Cc1cc2c(cc1S(=O)(=O)N1CCCC1)OCC(=O)N2. The van der Waals surface area contributed by atoms with Crippen molar-refractivity contribution >= 4 is 21.6 Å². The third-order valence-electron chi connectivity index (χ3n) is 3.59. The molecule has 0 saturated carbocycles. The number of fused-ring (bicyclic) bond motifs is 1. The minimum absolute atomic E-state index is 0.0841. The van der Waals surface area contributed by atoms with E-state index >= 15 is 0 Å². The molecule has 1 amide bonds. The maximum absolute atomic E-state index is 12.6. The van der Waals surface area contributed by atoms with Crippen LogP contribution in [-0.4, -0.2) is 38.3 Å². The maximum Gasteiger partial charge on any atom is 0.262 e.